The van der Waals surface area contributed by atoms with Gasteiger partial charge in [-0.1, -0.05) is 13.8 Å². The molecular weight excluding hydrogens is 204 g/mol. The molecule has 92 valence electrons. The molecule has 4 heteroatoms. The van der Waals surface area contributed by atoms with E-state index in [1.54, 1.807) is 0 Å². The third-order valence-corrected chi connectivity index (χ3v) is 3.73. The SMILES string of the molecule is CC(C)C(N)CC(=O)NC1CC2CCC1O2. The average Bonchev–Trinajstić information content (AvgIpc) is 2.78. The quantitative estimate of drug-likeness (QED) is 0.745. The van der Waals surface area contributed by atoms with Crippen LogP contribution in [0.25, 0.3) is 0 Å². The zero-order chi connectivity index (χ0) is 11.7. The molecule has 0 aromatic heterocycles. The summed E-state index contributed by atoms with van der Waals surface area (Å²) in [5.41, 5.74) is 5.88. The second-order valence-electron chi connectivity index (χ2n) is 5.40. The number of hydrogen-bond donors (Lipinski definition) is 2. The van der Waals surface area contributed by atoms with E-state index in [9.17, 15) is 4.79 Å². The number of carbonyl (C=O) groups is 1. The molecule has 2 bridgehead atoms. The van der Waals surface area contributed by atoms with Crippen LogP contribution in [0.1, 0.15) is 39.5 Å². The summed E-state index contributed by atoms with van der Waals surface area (Å²) in [6, 6.07) is 0.185. The van der Waals surface area contributed by atoms with Gasteiger partial charge in [0.15, 0.2) is 0 Å². The van der Waals surface area contributed by atoms with Crippen LogP contribution in [0.2, 0.25) is 0 Å². The number of hydrogen-bond acceptors (Lipinski definition) is 3. The van der Waals surface area contributed by atoms with E-state index in [0.717, 1.165) is 19.3 Å². The Morgan fingerprint density at radius 2 is 2.25 bits per heavy atom. The molecule has 1 amide bonds. The van der Waals surface area contributed by atoms with Gasteiger partial charge in [0.1, 0.15) is 0 Å². The van der Waals surface area contributed by atoms with Crippen molar-refractivity contribution >= 4 is 5.91 Å². The molecule has 2 fully saturated rings. The Kier molecular flexibility index (Phi) is 3.50. The van der Waals surface area contributed by atoms with Gasteiger partial charge in [0.25, 0.3) is 0 Å². The molecule has 4 unspecified atom stereocenters. The first-order valence-corrected chi connectivity index (χ1v) is 6.26. The Morgan fingerprint density at radius 3 is 2.75 bits per heavy atom. The van der Waals surface area contributed by atoms with Crippen LogP contribution in [0.3, 0.4) is 0 Å². The summed E-state index contributed by atoms with van der Waals surface area (Å²) in [5, 5.41) is 3.05. The molecule has 16 heavy (non-hydrogen) atoms. The van der Waals surface area contributed by atoms with Crippen molar-refractivity contribution in [2.75, 3.05) is 0 Å². The van der Waals surface area contributed by atoms with E-state index >= 15 is 0 Å². The number of fused-ring (bicyclic) bond motifs is 2. The van der Waals surface area contributed by atoms with Crippen LogP contribution >= 0.6 is 0 Å². The molecule has 2 aliphatic heterocycles. The summed E-state index contributed by atoms with van der Waals surface area (Å²) in [4.78, 5) is 11.7. The molecule has 0 aliphatic carbocycles. The average molecular weight is 226 g/mol. The van der Waals surface area contributed by atoms with Crippen LogP contribution in [0, 0.1) is 5.92 Å². The highest BCUT2D eigenvalue weighted by Gasteiger charge is 2.41. The van der Waals surface area contributed by atoms with Crippen LogP contribution in [-0.4, -0.2) is 30.2 Å². The van der Waals surface area contributed by atoms with Crippen molar-refractivity contribution in [3.05, 3.63) is 0 Å². The Bertz CT molecular complexity index is 268. The van der Waals surface area contributed by atoms with Crippen LogP contribution < -0.4 is 11.1 Å². The van der Waals surface area contributed by atoms with Crippen LogP contribution in [0.15, 0.2) is 0 Å². The number of nitrogens with one attached hydrogen (secondary N) is 1. The van der Waals surface area contributed by atoms with Crippen LogP contribution in [-0.2, 0) is 9.53 Å². The topological polar surface area (TPSA) is 64.4 Å². The number of amides is 1. The standard InChI is InChI=1S/C12H22N2O2/c1-7(2)9(13)6-12(15)14-10-5-8-3-4-11(10)16-8/h7-11H,3-6,13H2,1-2H3,(H,14,15). The van der Waals surface area contributed by atoms with E-state index in [1.165, 1.54) is 0 Å². The van der Waals surface area contributed by atoms with E-state index in [4.69, 9.17) is 10.5 Å². The molecule has 2 aliphatic rings. The van der Waals surface area contributed by atoms with Crippen molar-refractivity contribution in [2.45, 2.75) is 63.8 Å². The maximum Gasteiger partial charge on any atom is 0.221 e. The normalized spacial score (nSPS) is 34.4. The smallest absolute Gasteiger partial charge is 0.221 e. The predicted molar refractivity (Wildman–Crippen MR) is 61.9 cm³/mol. The molecule has 3 N–H and O–H groups in total. The van der Waals surface area contributed by atoms with Crippen LogP contribution in [0.5, 0.6) is 0 Å². The number of carbonyl (C=O) groups excluding carboxylic acids is 1. The summed E-state index contributed by atoms with van der Waals surface area (Å²) in [7, 11) is 0. The second kappa shape index (κ2) is 4.72. The molecule has 0 saturated carbocycles. The maximum absolute atomic E-state index is 11.7. The summed E-state index contributed by atoms with van der Waals surface area (Å²) >= 11 is 0. The molecule has 0 radical (unpaired) electrons. The van der Waals surface area contributed by atoms with Crippen molar-refractivity contribution < 1.29 is 9.53 Å². The molecule has 4 atom stereocenters. The number of rotatable bonds is 4. The first kappa shape index (κ1) is 11.9. The second-order valence-corrected chi connectivity index (χ2v) is 5.40. The largest absolute Gasteiger partial charge is 0.373 e. The molecule has 0 aromatic carbocycles. The van der Waals surface area contributed by atoms with Crippen molar-refractivity contribution in [2.24, 2.45) is 11.7 Å². The van der Waals surface area contributed by atoms with Gasteiger partial charge in [-0.05, 0) is 25.2 Å². The van der Waals surface area contributed by atoms with Gasteiger partial charge in [0.05, 0.1) is 18.2 Å². The lowest BCUT2D eigenvalue weighted by Gasteiger charge is -2.22. The molecule has 0 aromatic rings. The summed E-state index contributed by atoms with van der Waals surface area (Å²) < 4.78 is 5.69. The van der Waals surface area contributed by atoms with E-state index in [0.29, 0.717) is 18.4 Å². The molecule has 4 nitrogen and oxygen atoms in total. The summed E-state index contributed by atoms with van der Waals surface area (Å²) in [6.45, 7) is 4.08. The van der Waals surface area contributed by atoms with Gasteiger partial charge >= 0.3 is 0 Å². The Balaban J connectivity index is 1.75. The zero-order valence-electron chi connectivity index (χ0n) is 10.1. The van der Waals surface area contributed by atoms with Crippen LogP contribution in [0.4, 0.5) is 0 Å². The third kappa shape index (κ3) is 2.55. The van der Waals surface area contributed by atoms with Gasteiger partial charge in [-0.2, -0.15) is 0 Å². The maximum atomic E-state index is 11.7. The minimum Gasteiger partial charge on any atom is -0.373 e. The molecular formula is C12H22N2O2. The fraction of sp³-hybridized carbons (Fsp3) is 0.917. The van der Waals surface area contributed by atoms with E-state index in [1.807, 2.05) is 13.8 Å². The highest BCUT2D eigenvalue weighted by Crippen LogP contribution is 2.34. The monoisotopic (exact) mass is 226 g/mol. The Morgan fingerprint density at radius 1 is 1.50 bits per heavy atom. The Labute approximate surface area is 96.9 Å². The van der Waals surface area contributed by atoms with Gasteiger partial charge in [-0.15, -0.1) is 0 Å². The first-order chi connectivity index (χ1) is 7.56. The molecule has 0 spiro atoms. The number of nitrogens with two attached hydrogens (primary N) is 1. The van der Waals surface area contributed by atoms with Crippen molar-refractivity contribution in [1.82, 2.24) is 5.32 Å². The van der Waals surface area contributed by atoms with Crippen molar-refractivity contribution in [3.63, 3.8) is 0 Å². The predicted octanol–water partition coefficient (Wildman–Crippen LogP) is 0.796. The minimum absolute atomic E-state index is 0.0421. The van der Waals surface area contributed by atoms with Crippen molar-refractivity contribution in [3.8, 4) is 0 Å². The molecule has 2 rings (SSSR count). The fourth-order valence-corrected chi connectivity index (χ4v) is 2.51. The highest BCUT2D eigenvalue weighted by atomic mass is 16.5. The van der Waals surface area contributed by atoms with Gasteiger partial charge in [0.2, 0.25) is 5.91 Å². The van der Waals surface area contributed by atoms with E-state index in [2.05, 4.69) is 5.32 Å². The summed E-state index contributed by atoms with van der Waals surface area (Å²) in [6.07, 6.45) is 4.28. The zero-order valence-corrected chi connectivity index (χ0v) is 10.1. The van der Waals surface area contributed by atoms with E-state index < -0.39 is 0 Å². The van der Waals surface area contributed by atoms with Gasteiger partial charge in [0, 0.05) is 12.5 Å². The fourth-order valence-electron chi connectivity index (χ4n) is 2.51. The lowest BCUT2D eigenvalue weighted by molar-refractivity contribution is -0.122. The molecule has 2 saturated heterocycles. The van der Waals surface area contributed by atoms with Crippen molar-refractivity contribution in [1.29, 1.82) is 0 Å². The number of ether oxygens (including phenoxy) is 1. The minimum atomic E-state index is -0.0421. The first-order valence-electron chi connectivity index (χ1n) is 6.26. The molecule has 2 heterocycles. The highest BCUT2D eigenvalue weighted by molar-refractivity contribution is 5.77. The van der Waals surface area contributed by atoms with E-state index in [-0.39, 0.29) is 24.1 Å². The van der Waals surface area contributed by atoms with Gasteiger partial charge in [-0.25, -0.2) is 0 Å². The van der Waals surface area contributed by atoms with Gasteiger partial charge < -0.3 is 15.8 Å². The summed E-state index contributed by atoms with van der Waals surface area (Å²) in [5.74, 6) is 0.421. The Hall–Kier alpha value is -0.610. The lowest BCUT2D eigenvalue weighted by atomic mass is 9.95. The lowest BCUT2D eigenvalue weighted by Crippen LogP contribution is -2.44. The van der Waals surface area contributed by atoms with Gasteiger partial charge in [-0.3, -0.25) is 4.79 Å². The third-order valence-electron chi connectivity index (χ3n) is 3.73.